The van der Waals surface area contributed by atoms with Gasteiger partial charge in [-0.15, -0.1) is 0 Å². The standard InChI is InChI=1S/C17H21NO4/c1-11-13(10-15(19)21-5)12-8-6-7-9-14(12)18(11)16(20)22-17(2,3)4/h6-9H,10H2,1-5H3. The highest BCUT2D eigenvalue weighted by molar-refractivity contribution is 5.95. The monoisotopic (exact) mass is 303 g/mol. The molecule has 0 radical (unpaired) electrons. The van der Waals surface area contributed by atoms with E-state index in [1.807, 2.05) is 52.0 Å². The minimum absolute atomic E-state index is 0.124. The molecule has 0 saturated carbocycles. The number of carbonyl (C=O) groups is 2. The summed E-state index contributed by atoms with van der Waals surface area (Å²) >= 11 is 0. The minimum atomic E-state index is -0.586. The number of aromatic nitrogens is 1. The number of ether oxygens (including phenoxy) is 2. The van der Waals surface area contributed by atoms with Gasteiger partial charge in [0, 0.05) is 11.1 Å². The third-order valence-electron chi connectivity index (χ3n) is 3.37. The van der Waals surface area contributed by atoms with Gasteiger partial charge in [-0.05, 0) is 39.3 Å². The van der Waals surface area contributed by atoms with Gasteiger partial charge in [0.15, 0.2) is 0 Å². The van der Waals surface area contributed by atoms with Crippen LogP contribution >= 0.6 is 0 Å². The molecule has 0 saturated heterocycles. The van der Waals surface area contributed by atoms with Gasteiger partial charge in [0.05, 0.1) is 19.0 Å². The van der Waals surface area contributed by atoms with Crippen molar-refractivity contribution in [3.63, 3.8) is 0 Å². The Morgan fingerprint density at radius 2 is 1.82 bits per heavy atom. The molecule has 0 atom stereocenters. The van der Waals surface area contributed by atoms with E-state index in [9.17, 15) is 9.59 Å². The van der Waals surface area contributed by atoms with Gasteiger partial charge < -0.3 is 9.47 Å². The summed E-state index contributed by atoms with van der Waals surface area (Å²) < 4.78 is 11.7. The van der Waals surface area contributed by atoms with Crippen LogP contribution in [0.25, 0.3) is 10.9 Å². The van der Waals surface area contributed by atoms with Crippen LogP contribution in [0.1, 0.15) is 32.0 Å². The van der Waals surface area contributed by atoms with E-state index in [1.54, 1.807) is 0 Å². The summed E-state index contributed by atoms with van der Waals surface area (Å²) in [5.41, 5.74) is 1.62. The van der Waals surface area contributed by atoms with Crippen LogP contribution in [0.3, 0.4) is 0 Å². The first-order valence-corrected chi connectivity index (χ1v) is 7.13. The summed E-state index contributed by atoms with van der Waals surface area (Å²) in [6.07, 6.45) is -0.323. The smallest absolute Gasteiger partial charge is 0.419 e. The summed E-state index contributed by atoms with van der Waals surface area (Å²) in [5, 5.41) is 0.858. The van der Waals surface area contributed by atoms with E-state index < -0.39 is 11.7 Å². The number of hydrogen-bond donors (Lipinski definition) is 0. The maximum atomic E-state index is 12.5. The number of fused-ring (bicyclic) bond motifs is 1. The Kier molecular flexibility index (Phi) is 4.26. The lowest BCUT2D eigenvalue weighted by Gasteiger charge is -2.20. The summed E-state index contributed by atoms with van der Waals surface area (Å²) in [6.45, 7) is 7.27. The highest BCUT2D eigenvalue weighted by Crippen LogP contribution is 2.27. The molecule has 2 aromatic rings. The molecule has 0 amide bonds. The molecule has 0 aliphatic heterocycles. The zero-order valence-electron chi connectivity index (χ0n) is 13.6. The van der Waals surface area contributed by atoms with Gasteiger partial charge in [0.25, 0.3) is 0 Å². The number of benzene rings is 1. The zero-order chi connectivity index (χ0) is 16.5. The third kappa shape index (κ3) is 3.13. The van der Waals surface area contributed by atoms with Crippen LogP contribution in [0.4, 0.5) is 4.79 Å². The Labute approximate surface area is 129 Å². The van der Waals surface area contributed by atoms with E-state index in [0.29, 0.717) is 5.69 Å². The Morgan fingerprint density at radius 3 is 2.41 bits per heavy atom. The molecule has 0 N–H and O–H groups in total. The van der Waals surface area contributed by atoms with Crippen LogP contribution in [0, 0.1) is 6.92 Å². The first-order chi connectivity index (χ1) is 10.2. The van der Waals surface area contributed by atoms with E-state index >= 15 is 0 Å². The number of methoxy groups -OCH3 is 1. The average Bonchev–Trinajstić information content (AvgIpc) is 2.70. The fourth-order valence-electron chi connectivity index (χ4n) is 2.42. The predicted octanol–water partition coefficient (Wildman–Crippen LogP) is 3.45. The first kappa shape index (κ1) is 16.1. The minimum Gasteiger partial charge on any atom is -0.469 e. The van der Waals surface area contributed by atoms with Crippen molar-refractivity contribution >= 4 is 23.0 Å². The molecule has 2 rings (SSSR count). The van der Waals surface area contributed by atoms with Gasteiger partial charge in [-0.2, -0.15) is 0 Å². The van der Waals surface area contributed by atoms with Crippen molar-refractivity contribution in [3.05, 3.63) is 35.5 Å². The maximum absolute atomic E-state index is 12.5. The first-order valence-electron chi connectivity index (χ1n) is 7.13. The van der Waals surface area contributed by atoms with Gasteiger partial charge in [-0.1, -0.05) is 18.2 Å². The predicted molar refractivity (Wildman–Crippen MR) is 84.0 cm³/mol. The molecule has 22 heavy (non-hydrogen) atoms. The van der Waals surface area contributed by atoms with Gasteiger partial charge >= 0.3 is 12.1 Å². The third-order valence-corrected chi connectivity index (χ3v) is 3.37. The second-order valence-electron chi connectivity index (χ2n) is 6.15. The Bertz CT molecular complexity index is 722. The molecule has 5 heteroatoms. The van der Waals surface area contributed by atoms with Crippen LogP contribution in [0.2, 0.25) is 0 Å². The zero-order valence-corrected chi connectivity index (χ0v) is 13.6. The number of carbonyl (C=O) groups excluding carboxylic acids is 2. The molecule has 0 fully saturated rings. The lowest BCUT2D eigenvalue weighted by Crippen LogP contribution is -2.27. The van der Waals surface area contributed by atoms with Crippen molar-refractivity contribution in [3.8, 4) is 0 Å². The van der Waals surface area contributed by atoms with Crippen molar-refractivity contribution in [2.75, 3.05) is 7.11 Å². The summed E-state index contributed by atoms with van der Waals surface area (Å²) in [6, 6.07) is 7.46. The lowest BCUT2D eigenvalue weighted by molar-refractivity contribution is -0.139. The van der Waals surface area contributed by atoms with Crippen LogP contribution < -0.4 is 0 Å². The maximum Gasteiger partial charge on any atom is 0.419 e. The molecular weight excluding hydrogens is 282 g/mol. The number of rotatable bonds is 2. The lowest BCUT2D eigenvalue weighted by atomic mass is 10.1. The van der Waals surface area contributed by atoms with E-state index in [-0.39, 0.29) is 12.4 Å². The molecule has 0 aliphatic carbocycles. The van der Waals surface area contributed by atoms with Crippen molar-refractivity contribution in [1.82, 2.24) is 4.57 Å². The average molecular weight is 303 g/mol. The van der Waals surface area contributed by atoms with Crippen LogP contribution in [0.15, 0.2) is 24.3 Å². The largest absolute Gasteiger partial charge is 0.469 e. The van der Waals surface area contributed by atoms with Gasteiger partial charge in [0.2, 0.25) is 0 Å². The molecule has 118 valence electrons. The van der Waals surface area contributed by atoms with E-state index in [1.165, 1.54) is 11.7 Å². The fourth-order valence-corrected chi connectivity index (χ4v) is 2.42. The molecule has 0 aliphatic rings. The summed E-state index contributed by atoms with van der Waals surface area (Å²) in [4.78, 5) is 24.1. The molecule has 0 bridgehead atoms. The number of hydrogen-bond acceptors (Lipinski definition) is 4. The van der Waals surface area contributed by atoms with E-state index in [4.69, 9.17) is 9.47 Å². The Morgan fingerprint density at radius 1 is 1.18 bits per heavy atom. The Balaban J connectivity index is 2.57. The number of para-hydroxylation sites is 1. The van der Waals surface area contributed by atoms with Crippen molar-refractivity contribution < 1.29 is 19.1 Å². The Hall–Kier alpha value is -2.30. The van der Waals surface area contributed by atoms with E-state index in [0.717, 1.165) is 16.5 Å². The highest BCUT2D eigenvalue weighted by Gasteiger charge is 2.24. The second-order valence-corrected chi connectivity index (χ2v) is 6.15. The van der Waals surface area contributed by atoms with Crippen LogP contribution in [-0.2, 0) is 20.7 Å². The van der Waals surface area contributed by atoms with Crippen LogP contribution in [-0.4, -0.2) is 29.3 Å². The molecule has 0 spiro atoms. The molecule has 1 aromatic heterocycles. The van der Waals surface area contributed by atoms with Gasteiger partial charge in [0.1, 0.15) is 5.60 Å². The van der Waals surface area contributed by atoms with Gasteiger partial charge in [-0.3, -0.25) is 4.79 Å². The second kappa shape index (κ2) is 5.83. The summed E-state index contributed by atoms with van der Waals surface area (Å²) in [7, 11) is 1.35. The molecule has 0 unspecified atom stereocenters. The SMILES string of the molecule is COC(=O)Cc1c(C)n(C(=O)OC(C)(C)C)c2ccccc12. The quantitative estimate of drug-likeness (QED) is 0.797. The molecule has 1 aromatic carbocycles. The van der Waals surface area contributed by atoms with Crippen LogP contribution in [0.5, 0.6) is 0 Å². The molecule has 1 heterocycles. The van der Waals surface area contributed by atoms with Gasteiger partial charge in [-0.25, -0.2) is 9.36 Å². The number of nitrogens with zero attached hydrogens (tertiary/aromatic N) is 1. The van der Waals surface area contributed by atoms with Crippen molar-refractivity contribution in [1.29, 1.82) is 0 Å². The van der Waals surface area contributed by atoms with Crippen molar-refractivity contribution in [2.24, 2.45) is 0 Å². The highest BCUT2D eigenvalue weighted by atomic mass is 16.6. The molecule has 5 nitrogen and oxygen atoms in total. The summed E-state index contributed by atoms with van der Waals surface area (Å²) in [5.74, 6) is -0.338. The number of esters is 1. The normalized spacial score (nSPS) is 11.5. The van der Waals surface area contributed by atoms with E-state index in [2.05, 4.69) is 0 Å². The topological polar surface area (TPSA) is 57.5 Å². The van der Waals surface area contributed by atoms with Crippen molar-refractivity contribution in [2.45, 2.75) is 39.7 Å². The fraction of sp³-hybridized carbons (Fsp3) is 0.412. The molecular formula is C17H21NO4.